The minimum Gasteiger partial charge on any atom is -0.372 e. The number of carbonyl (C=O) groups is 3. The van der Waals surface area contributed by atoms with Gasteiger partial charge >= 0.3 is 0 Å². The van der Waals surface area contributed by atoms with Gasteiger partial charge in [-0.2, -0.15) is 0 Å². The number of hydrogen-bond donors (Lipinski definition) is 0. The average molecular weight is 435 g/mol. The van der Waals surface area contributed by atoms with Crippen molar-refractivity contribution in [2.75, 3.05) is 36.0 Å². The van der Waals surface area contributed by atoms with Crippen LogP contribution in [0.2, 0.25) is 0 Å². The number of carbonyl (C=O) groups excluding carboxylic acids is 3. The Kier molecular flexibility index (Phi) is 7.84. The zero-order valence-electron chi connectivity index (χ0n) is 19.6. The first-order valence-corrected chi connectivity index (χ1v) is 11.8. The summed E-state index contributed by atoms with van der Waals surface area (Å²) in [6, 6.07) is 14.9. The Morgan fingerprint density at radius 2 is 0.969 bits per heavy atom. The van der Waals surface area contributed by atoms with Crippen LogP contribution in [0.15, 0.2) is 48.5 Å². The number of anilines is 2. The summed E-state index contributed by atoms with van der Waals surface area (Å²) in [7, 11) is 0. The van der Waals surface area contributed by atoms with E-state index < -0.39 is 11.8 Å². The Hall–Kier alpha value is -2.95. The molecule has 170 valence electrons. The summed E-state index contributed by atoms with van der Waals surface area (Å²) in [4.78, 5) is 43.5. The van der Waals surface area contributed by atoms with Crippen molar-refractivity contribution >= 4 is 28.7 Å². The van der Waals surface area contributed by atoms with Crippen molar-refractivity contribution in [2.24, 2.45) is 11.8 Å². The molecule has 5 nitrogen and oxygen atoms in total. The van der Waals surface area contributed by atoms with E-state index in [0.717, 1.165) is 37.6 Å². The fourth-order valence-corrected chi connectivity index (χ4v) is 4.63. The molecule has 3 rings (SSSR count). The summed E-state index contributed by atoms with van der Waals surface area (Å²) in [5, 5.41) is 0. The Morgan fingerprint density at radius 1 is 0.656 bits per heavy atom. The van der Waals surface area contributed by atoms with Gasteiger partial charge in [0.15, 0.2) is 17.3 Å². The van der Waals surface area contributed by atoms with Crippen LogP contribution in [-0.2, 0) is 4.79 Å². The van der Waals surface area contributed by atoms with Crippen molar-refractivity contribution in [3.05, 3.63) is 59.7 Å². The van der Waals surface area contributed by atoms with Crippen molar-refractivity contribution in [2.45, 2.75) is 40.5 Å². The summed E-state index contributed by atoms with van der Waals surface area (Å²) < 4.78 is 0. The molecule has 0 N–H and O–H groups in total. The fourth-order valence-electron chi connectivity index (χ4n) is 4.63. The maximum absolute atomic E-state index is 13.0. The molecule has 1 fully saturated rings. The second-order valence-corrected chi connectivity index (χ2v) is 8.25. The lowest BCUT2D eigenvalue weighted by molar-refractivity contribution is -0.121. The van der Waals surface area contributed by atoms with Gasteiger partial charge in [0.05, 0.1) is 11.8 Å². The molecule has 0 radical (unpaired) electrons. The third-order valence-electron chi connectivity index (χ3n) is 6.62. The number of ketones is 3. The molecule has 0 bridgehead atoms. The van der Waals surface area contributed by atoms with Gasteiger partial charge in [-0.25, -0.2) is 0 Å². The SMILES string of the molecule is CCN(CC)c1ccc(C(=O)C2CCC(C(=O)c3ccc(N(CC)CC)cc3)C2=O)cc1. The van der Waals surface area contributed by atoms with Crippen LogP contribution in [0.5, 0.6) is 0 Å². The normalized spacial score (nSPS) is 17.9. The molecular formula is C27H34N2O3. The zero-order valence-corrected chi connectivity index (χ0v) is 19.6. The molecule has 2 unspecified atom stereocenters. The maximum atomic E-state index is 13.0. The highest BCUT2D eigenvalue weighted by Crippen LogP contribution is 2.33. The van der Waals surface area contributed by atoms with Gasteiger partial charge in [0.25, 0.3) is 0 Å². The van der Waals surface area contributed by atoms with Gasteiger partial charge in [0.1, 0.15) is 0 Å². The van der Waals surface area contributed by atoms with E-state index in [1.807, 2.05) is 24.3 Å². The summed E-state index contributed by atoms with van der Waals surface area (Å²) in [5.41, 5.74) is 3.20. The van der Waals surface area contributed by atoms with Crippen molar-refractivity contribution in [3.8, 4) is 0 Å². The molecule has 5 heteroatoms. The average Bonchev–Trinajstić information content (AvgIpc) is 3.22. The Balaban J connectivity index is 1.70. The summed E-state index contributed by atoms with van der Waals surface area (Å²) >= 11 is 0. The molecule has 32 heavy (non-hydrogen) atoms. The van der Waals surface area contributed by atoms with Crippen LogP contribution in [0.25, 0.3) is 0 Å². The van der Waals surface area contributed by atoms with E-state index in [2.05, 4.69) is 37.5 Å². The highest BCUT2D eigenvalue weighted by atomic mass is 16.2. The highest BCUT2D eigenvalue weighted by molar-refractivity contribution is 6.20. The van der Waals surface area contributed by atoms with Crippen LogP contribution < -0.4 is 9.80 Å². The van der Waals surface area contributed by atoms with Crippen LogP contribution >= 0.6 is 0 Å². The van der Waals surface area contributed by atoms with Crippen molar-refractivity contribution in [3.63, 3.8) is 0 Å². The smallest absolute Gasteiger partial charge is 0.173 e. The second kappa shape index (κ2) is 10.6. The van der Waals surface area contributed by atoms with Gasteiger partial charge in [-0.05, 0) is 89.1 Å². The minimum atomic E-state index is -0.724. The molecule has 0 aliphatic heterocycles. The first-order valence-electron chi connectivity index (χ1n) is 11.8. The second-order valence-electron chi connectivity index (χ2n) is 8.25. The van der Waals surface area contributed by atoms with E-state index in [1.54, 1.807) is 24.3 Å². The molecular weight excluding hydrogens is 400 g/mol. The number of benzene rings is 2. The van der Waals surface area contributed by atoms with E-state index in [9.17, 15) is 14.4 Å². The van der Waals surface area contributed by atoms with Crippen LogP contribution in [0, 0.1) is 11.8 Å². The van der Waals surface area contributed by atoms with Crippen LogP contribution in [0.4, 0.5) is 11.4 Å². The van der Waals surface area contributed by atoms with Gasteiger partial charge < -0.3 is 9.80 Å². The van der Waals surface area contributed by atoms with Gasteiger partial charge in [0, 0.05) is 48.7 Å². The largest absolute Gasteiger partial charge is 0.372 e. The van der Waals surface area contributed by atoms with E-state index in [4.69, 9.17) is 0 Å². The van der Waals surface area contributed by atoms with Gasteiger partial charge in [0.2, 0.25) is 0 Å². The Bertz CT molecular complexity index is 864. The summed E-state index contributed by atoms with van der Waals surface area (Å²) in [6.07, 6.45) is 0.868. The predicted molar refractivity (Wildman–Crippen MR) is 130 cm³/mol. The Labute approximate surface area is 191 Å². The molecule has 1 aliphatic rings. The highest BCUT2D eigenvalue weighted by Gasteiger charge is 2.42. The van der Waals surface area contributed by atoms with E-state index in [0.29, 0.717) is 24.0 Å². The lowest BCUT2D eigenvalue weighted by Crippen LogP contribution is -2.27. The van der Waals surface area contributed by atoms with Crippen LogP contribution in [-0.4, -0.2) is 43.5 Å². The van der Waals surface area contributed by atoms with E-state index in [-0.39, 0.29) is 17.3 Å². The molecule has 2 aromatic carbocycles. The lowest BCUT2D eigenvalue weighted by Gasteiger charge is -2.21. The monoisotopic (exact) mass is 434 g/mol. The van der Waals surface area contributed by atoms with Gasteiger partial charge in [-0.1, -0.05) is 0 Å². The number of rotatable bonds is 10. The predicted octanol–water partition coefficient (Wildman–Crippen LogP) is 5.04. The molecule has 1 aliphatic carbocycles. The molecule has 0 spiro atoms. The molecule has 0 heterocycles. The summed E-state index contributed by atoms with van der Waals surface area (Å²) in [6.45, 7) is 11.9. The molecule has 2 atom stereocenters. The first-order chi connectivity index (χ1) is 15.4. The van der Waals surface area contributed by atoms with E-state index >= 15 is 0 Å². The van der Waals surface area contributed by atoms with Crippen LogP contribution in [0.1, 0.15) is 61.3 Å². The molecule has 0 amide bonds. The topological polar surface area (TPSA) is 57.7 Å². The number of hydrogen-bond acceptors (Lipinski definition) is 5. The Morgan fingerprint density at radius 3 is 1.25 bits per heavy atom. The third kappa shape index (κ3) is 4.77. The molecule has 0 aromatic heterocycles. The maximum Gasteiger partial charge on any atom is 0.173 e. The number of nitrogens with zero attached hydrogens (tertiary/aromatic N) is 2. The fraction of sp³-hybridized carbons (Fsp3) is 0.444. The molecule has 0 saturated heterocycles. The zero-order chi connectivity index (χ0) is 23.3. The van der Waals surface area contributed by atoms with Crippen molar-refractivity contribution in [1.29, 1.82) is 0 Å². The van der Waals surface area contributed by atoms with Crippen LogP contribution in [0.3, 0.4) is 0 Å². The third-order valence-corrected chi connectivity index (χ3v) is 6.62. The van der Waals surface area contributed by atoms with Gasteiger partial charge in [-0.3, -0.25) is 14.4 Å². The quantitative estimate of drug-likeness (QED) is 0.387. The summed E-state index contributed by atoms with van der Waals surface area (Å²) in [5.74, 6) is -2.03. The standard InChI is InChI=1S/C27H34N2O3/c1-5-28(6-2)21-13-9-19(10-14-21)25(30)23-17-18-24(27(23)32)26(31)20-11-15-22(16-12-20)29(7-3)8-4/h9-16,23-24H,5-8,17-18H2,1-4H3. The lowest BCUT2D eigenvalue weighted by atomic mass is 9.90. The molecule has 2 aromatic rings. The van der Waals surface area contributed by atoms with E-state index in [1.165, 1.54) is 0 Å². The minimum absolute atomic E-state index is 0.173. The first kappa shape index (κ1) is 23.7. The van der Waals surface area contributed by atoms with Gasteiger partial charge in [-0.15, -0.1) is 0 Å². The number of Topliss-reactive ketones (excluding diaryl/α,β-unsaturated/α-hetero) is 3. The van der Waals surface area contributed by atoms with Crippen molar-refractivity contribution in [1.82, 2.24) is 0 Å². The molecule has 1 saturated carbocycles. The van der Waals surface area contributed by atoms with Crippen molar-refractivity contribution < 1.29 is 14.4 Å².